The van der Waals surface area contributed by atoms with E-state index < -0.39 is 81.1 Å². The Balaban J connectivity index is 0.000000234. The minimum atomic E-state index is -2.05. The van der Waals surface area contributed by atoms with Crippen LogP contribution in [0.3, 0.4) is 0 Å². The summed E-state index contributed by atoms with van der Waals surface area (Å²) in [4.78, 5) is 30.5. The first-order valence-corrected chi connectivity index (χ1v) is 19.7. The second kappa shape index (κ2) is 23.0. The number of aromatic hydroxyl groups is 2. The van der Waals surface area contributed by atoms with E-state index in [1.54, 1.807) is 0 Å². The molecule has 339 valence electrons. The molecule has 2 heterocycles. The van der Waals surface area contributed by atoms with Crippen molar-refractivity contribution in [3.8, 4) is 11.5 Å². The van der Waals surface area contributed by atoms with Crippen LogP contribution in [0.15, 0.2) is 48.7 Å². The van der Waals surface area contributed by atoms with Gasteiger partial charge in [-0.2, -0.15) is 24.2 Å². The average Bonchev–Trinajstić information content (AvgIpc) is 3.71. The fourth-order valence-corrected chi connectivity index (χ4v) is 6.89. The second-order valence-electron chi connectivity index (χ2n) is 13.9. The van der Waals surface area contributed by atoms with E-state index >= 15 is 0 Å². The van der Waals surface area contributed by atoms with Crippen molar-refractivity contribution in [3.05, 3.63) is 152 Å². The van der Waals surface area contributed by atoms with Crippen molar-refractivity contribution < 1.29 is 82.2 Å². The van der Waals surface area contributed by atoms with Gasteiger partial charge in [-0.1, -0.05) is 35.4 Å². The Morgan fingerprint density at radius 1 is 0.651 bits per heavy atom. The van der Waals surface area contributed by atoms with Gasteiger partial charge in [-0.3, -0.25) is 0 Å². The molecule has 0 radical (unpaired) electrons. The first-order chi connectivity index (χ1) is 29.6. The minimum absolute atomic E-state index is 0.782. The number of anilines is 2. The van der Waals surface area contributed by atoms with Gasteiger partial charge in [0.25, 0.3) is 0 Å². The summed E-state index contributed by atoms with van der Waals surface area (Å²) in [6.45, 7) is 17.6. The molecule has 0 bridgehead atoms. The summed E-state index contributed by atoms with van der Waals surface area (Å²) in [6.07, 6.45) is 3.97. The molecule has 1 aliphatic heterocycles. The van der Waals surface area contributed by atoms with Crippen LogP contribution in [0.2, 0.25) is 0 Å². The molecule has 2 N–H and O–H groups in total. The number of nitrogens with zero attached hydrogens (tertiary/aromatic N) is 3. The van der Waals surface area contributed by atoms with Crippen LogP contribution in [0.1, 0.15) is 66.2 Å². The molecule has 18 heteroatoms. The van der Waals surface area contributed by atoms with Crippen molar-refractivity contribution in [2.75, 3.05) is 37.1 Å². The Bertz CT molecular complexity index is 2230. The zero-order valence-electron chi connectivity index (χ0n) is 35.3. The summed E-state index contributed by atoms with van der Waals surface area (Å²) in [5.41, 5.74) is 8.96. The third kappa shape index (κ3) is 12.4. The van der Waals surface area contributed by atoms with Gasteiger partial charge >= 0.3 is 82.3 Å². The quantitative estimate of drug-likeness (QED) is 0.0542. The molecule has 6 rings (SSSR count). The molecule has 1 aliphatic rings. The van der Waals surface area contributed by atoms with E-state index in [9.17, 15) is 44.7 Å². The third-order valence-electron chi connectivity index (χ3n) is 9.19. The van der Waals surface area contributed by atoms with Crippen LogP contribution in [-0.4, -0.2) is 59.1 Å². The number of hydrogen-bond acceptors (Lipinski definition) is 9. The normalized spacial score (nSPS) is 11.7. The Hall–Kier alpha value is -5.90. The van der Waals surface area contributed by atoms with Gasteiger partial charge < -0.3 is 29.5 Å². The number of phenols is 2. The summed E-state index contributed by atoms with van der Waals surface area (Å²) in [5, 5.41) is 17.1. The molecular formula is C45H44F8N3O6Ru. The zero-order valence-corrected chi connectivity index (χ0v) is 37.1. The van der Waals surface area contributed by atoms with Crippen molar-refractivity contribution in [1.29, 1.82) is 0 Å². The zero-order chi connectivity index (χ0) is 47.5. The maximum atomic E-state index is 12.9. The number of halogens is 8. The number of aryl methyl sites for hydroxylation is 7. The molecule has 63 heavy (non-hydrogen) atoms. The molecule has 0 atom stereocenters. The number of methoxy groups -OCH3 is 2. The molecule has 5 aromatic rings. The SMILES string of the molecule is COC(=O)c1c(F)c(F)c(O)c(F)c1F.COC(=O)c1c(F)c(F)c(O)c(F)c1F.Cc1cc(C)c(N2[CH-]N(c3c(C)cc(C)cc3C)CC2)c(C)c1.[Ru+]=[CH]CCc1ccccn1. The number of ether oxygens (including phenoxy) is 2. The predicted molar refractivity (Wildman–Crippen MR) is 217 cm³/mol. The summed E-state index contributed by atoms with van der Waals surface area (Å²) >= 11 is 2.51. The molecule has 1 fully saturated rings. The molecule has 0 amide bonds. The molecule has 0 unspecified atom stereocenters. The standard InChI is InChI=1S/C21H27N2.2C8H4F4O3.C8H9N.Ru/c1-14-9-16(3)20(17(4)10-14)22-7-8-23(13-22)21-18(5)11-15(2)12-19(21)6;2*1-15-8(14)2-3(9)5(11)7(13)6(12)4(2)10;1-2-5-8-6-3-4-7-9-8;/h9-13H,7-8H2,1-6H3;2*13H,1H3;1,3-4,6-7H,2,5H2;/q-1;;;;+1. The van der Waals surface area contributed by atoms with Gasteiger partial charge in [0.1, 0.15) is 11.1 Å². The number of aromatic nitrogens is 1. The van der Waals surface area contributed by atoms with Crippen LogP contribution in [0, 0.1) is 94.7 Å². The summed E-state index contributed by atoms with van der Waals surface area (Å²) in [6, 6.07) is 15.1. The first kappa shape index (κ1) is 51.5. The number of benzene rings is 4. The average molecular weight is 976 g/mol. The van der Waals surface area contributed by atoms with E-state index in [1.165, 1.54) is 50.4 Å². The van der Waals surface area contributed by atoms with E-state index in [0.717, 1.165) is 40.2 Å². The van der Waals surface area contributed by atoms with Gasteiger partial charge in [0, 0.05) is 24.5 Å². The third-order valence-corrected chi connectivity index (χ3v) is 9.70. The van der Waals surface area contributed by atoms with E-state index in [1.807, 2.05) is 18.3 Å². The molecule has 1 saturated heterocycles. The van der Waals surface area contributed by atoms with Crippen molar-refractivity contribution in [2.45, 2.75) is 54.4 Å². The van der Waals surface area contributed by atoms with E-state index in [-0.39, 0.29) is 0 Å². The second-order valence-corrected chi connectivity index (χ2v) is 14.7. The van der Waals surface area contributed by atoms with E-state index in [2.05, 4.69) is 125 Å². The van der Waals surface area contributed by atoms with Gasteiger partial charge in [-0.05, 0) is 63.8 Å². The predicted octanol–water partition coefficient (Wildman–Crippen LogP) is 9.82. The van der Waals surface area contributed by atoms with Crippen LogP contribution >= 0.6 is 0 Å². The van der Waals surface area contributed by atoms with Crippen LogP contribution in [0.5, 0.6) is 11.5 Å². The van der Waals surface area contributed by atoms with Crippen molar-refractivity contribution in [1.82, 2.24) is 4.98 Å². The monoisotopic (exact) mass is 976 g/mol. The van der Waals surface area contributed by atoms with Crippen molar-refractivity contribution >= 4 is 27.9 Å². The number of pyridine rings is 1. The number of phenolic OH excluding ortho intramolecular Hbond substituents is 2. The van der Waals surface area contributed by atoms with E-state index in [0.29, 0.717) is 0 Å². The number of carbonyl (C=O) groups is 2. The van der Waals surface area contributed by atoms with Gasteiger partial charge in [0.05, 0.1) is 14.2 Å². The van der Waals surface area contributed by atoms with Gasteiger partial charge in [0.15, 0.2) is 34.8 Å². The summed E-state index contributed by atoms with van der Waals surface area (Å²) in [5.74, 6) is -23.0. The fraction of sp³-hybridized carbons (Fsp3) is 0.267. The summed E-state index contributed by atoms with van der Waals surface area (Å²) < 4.78 is 112. The molecule has 1 aromatic heterocycles. The molecule has 0 aliphatic carbocycles. The molecule has 9 nitrogen and oxygen atoms in total. The Labute approximate surface area is 369 Å². The topological polar surface area (TPSA) is 112 Å². The molecule has 4 aromatic carbocycles. The van der Waals surface area contributed by atoms with Crippen molar-refractivity contribution in [2.24, 2.45) is 0 Å². The number of hydrogen-bond donors (Lipinski definition) is 2. The van der Waals surface area contributed by atoms with Gasteiger partial charge in [-0.25, -0.2) is 27.2 Å². The van der Waals surface area contributed by atoms with Crippen LogP contribution < -0.4 is 9.80 Å². The maximum absolute atomic E-state index is 12.9. The van der Waals surface area contributed by atoms with Crippen molar-refractivity contribution in [3.63, 3.8) is 0 Å². The molecule has 0 spiro atoms. The van der Waals surface area contributed by atoms with Gasteiger partial charge in [0.2, 0.25) is 23.3 Å². The number of esters is 2. The Morgan fingerprint density at radius 3 is 1.29 bits per heavy atom. The molecular weight excluding hydrogens is 932 g/mol. The summed E-state index contributed by atoms with van der Waals surface area (Å²) in [7, 11) is 1.56. The van der Waals surface area contributed by atoms with Crippen LogP contribution in [0.25, 0.3) is 0 Å². The van der Waals surface area contributed by atoms with Crippen LogP contribution in [-0.2, 0) is 33.7 Å². The fourth-order valence-electron chi connectivity index (χ4n) is 6.64. The Kier molecular flexibility index (Phi) is 18.8. The Morgan fingerprint density at radius 2 is 1.00 bits per heavy atom. The first-order valence-electron chi connectivity index (χ1n) is 18.7. The number of carbonyl (C=O) groups excluding carboxylic acids is 2. The van der Waals surface area contributed by atoms with E-state index in [4.69, 9.17) is 10.2 Å². The molecule has 0 saturated carbocycles. The van der Waals surface area contributed by atoms with Gasteiger partial charge in [-0.15, -0.1) is 0 Å². The van der Waals surface area contributed by atoms with Crippen LogP contribution in [0.4, 0.5) is 46.5 Å². The number of rotatable bonds is 7.